The van der Waals surface area contributed by atoms with Crippen molar-refractivity contribution < 1.29 is 9.90 Å². The van der Waals surface area contributed by atoms with Gasteiger partial charge in [-0.1, -0.05) is 30.3 Å². The van der Waals surface area contributed by atoms with Gasteiger partial charge in [0.1, 0.15) is 5.82 Å². The van der Waals surface area contributed by atoms with Gasteiger partial charge in [-0.15, -0.1) is 0 Å². The van der Waals surface area contributed by atoms with E-state index in [1.165, 1.54) is 0 Å². The second-order valence-electron chi connectivity index (χ2n) is 4.79. The van der Waals surface area contributed by atoms with E-state index in [0.717, 1.165) is 16.8 Å². The van der Waals surface area contributed by atoms with Gasteiger partial charge in [0.2, 0.25) is 0 Å². The van der Waals surface area contributed by atoms with Crippen LogP contribution >= 0.6 is 0 Å². The van der Waals surface area contributed by atoms with Crippen LogP contribution in [0.2, 0.25) is 0 Å². The van der Waals surface area contributed by atoms with Gasteiger partial charge in [-0.2, -0.15) is 0 Å². The van der Waals surface area contributed by atoms with Crippen LogP contribution in [0.4, 0.5) is 0 Å². The minimum absolute atomic E-state index is 0.0898. The molecule has 100 valence electrons. The lowest BCUT2D eigenvalue weighted by Gasteiger charge is -2.07. The molecule has 3 rings (SSSR count). The number of fused-ring (bicyclic) bond motifs is 1. The zero-order chi connectivity index (χ0) is 14.3. The molecular weight excluding hydrogens is 252 g/mol. The molecule has 0 bridgehead atoms. The first-order valence-electron chi connectivity index (χ1n) is 6.37. The lowest BCUT2D eigenvalue weighted by molar-refractivity contribution is 0.0693. The fourth-order valence-electron chi connectivity index (χ4n) is 2.46. The van der Waals surface area contributed by atoms with Crippen molar-refractivity contribution >= 4 is 11.5 Å². The molecule has 0 saturated carbocycles. The molecule has 2 aromatic heterocycles. The molecule has 0 amide bonds. The number of hydrogen-bond acceptors (Lipinski definition) is 2. The molecule has 1 N–H and O–H groups in total. The van der Waals surface area contributed by atoms with E-state index in [9.17, 15) is 9.90 Å². The highest BCUT2D eigenvalue weighted by molar-refractivity contribution is 5.95. The Hall–Kier alpha value is -2.62. The molecule has 0 aliphatic carbocycles. The van der Waals surface area contributed by atoms with Crippen LogP contribution in [0.5, 0.6) is 0 Å². The van der Waals surface area contributed by atoms with Gasteiger partial charge in [-0.25, -0.2) is 9.78 Å². The lowest BCUT2D eigenvalue weighted by Crippen LogP contribution is -1.97. The third kappa shape index (κ3) is 1.77. The molecule has 0 spiro atoms. The molecule has 0 aliphatic heterocycles. The van der Waals surface area contributed by atoms with Crippen molar-refractivity contribution in [2.45, 2.75) is 13.8 Å². The highest BCUT2D eigenvalue weighted by Crippen LogP contribution is 2.26. The van der Waals surface area contributed by atoms with Gasteiger partial charge in [0.15, 0.2) is 5.69 Å². The first-order valence-corrected chi connectivity index (χ1v) is 6.37. The predicted molar refractivity (Wildman–Crippen MR) is 77.1 cm³/mol. The number of rotatable bonds is 2. The van der Waals surface area contributed by atoms with Crippen molar-refractivity contribution in [3.05, 3.63) is 59.4 Å². The zero-order valence-electron chi connectivity index (χ0n) is 11.3. The predicted octanol–water partition coefficient (Wildman–Crippen LogP) is 3.32. The molecule has 0 saturated heterocycles. The SMILES string of the molecule is Cc1ccccc1-c1nc(C(=O)O)c2cccc(C)n12. The van der Waals surface area contributed by atoms with Crippen LogP contribution in [-0.2, 0) is 0 Å². The first-order chi connectivity index (χ1) is 9.59. The Morgan fingerprint density at radius 3 is 2.55 bits per heavy atom. The zero-order valence-corrected chi connectivity index (χ0v) is 11.3. The summed E-state index contributed by atoms with van der Waals surface area (Å²) in [4.78, 5) is 15.7. The highest BCUT2D eigenvalue weighted by atomic mass is 16.4. The first kappa shape index (κ1) is 12.4. The summed E-state index contributed by atoms with van der Waals surface area (Å²) in [7, 11) is 0. The number of hydrogen-bond donors (Lipinski definition) is 1. The quantitative estimate of drug-likeness (QED) is 0.774. The number of benzene rings is 1. The third-order valence-electron chi connectivity index (χ3n) is 3.45. The monoisotopic (exact) mass is 266 g/mol. The van der Waals surface area contributed by atoms with Crippen LogP contribution in [0.3, 0.4) is 0 Å². The van der Waals surface area contributed by atoms with Gasteiger partial charge in [-0.3, -0.25) is 4.40 Å². The second kappa shape index (κ2) is 4.49. The van der Waals surface area contributed by atoms with Crippen LogP contribution in [0.1, 0.15) is 21.7 Å². The van der Waals surface area contributed by atoms with Crippen molar-refractivity contribution in [3.63, 3.8) is 0 Å². The molecule has 3 aromatic rings. The van der Waals surface area contributed by atoms with Crippen molar-refractivity contribution in [1.82, 2.24) is 9.38 Å². The average Bonchev–Trinajstić information content (AvgIpc) is 2.80. The molecule has 4 nitrogen and oxygen atoms in total. The fraction of sp³-hybridized carbons (Fsp3) is 0.125. The Morgan fingerprint density at radius 1 is 1.10 bits per heavy atom. The van der Waals surface area contributed by atoms with Gasteiger partial charge < -0.3 is 5.11 Å². The summed E-state index contributed by atoms with van der Waals surface area (Å²) in [6, 6.07) is 13.4. The molecule has 4 heteroatoms. The van der Waals surface area contributed by atoms with E-state index in [0.29, 0.717) is 11.3 Å². The second-order valence-corrected chi connectivity index (χ2v) is 4.79. The topological polar surface area (TPSA) is 54.6 Å². The van der Waals surface area contributed by atoms with Gasteiger partial charge in [0.05, 0.1) is 5.52 Å². The number of aromatic carboxylic acids is 1. The number of carboxylic acids is 1. The molecule has 0 aliphatic rings. The number of carbonyl (C=O) groups is 1. The Kier molecular flexibility index (Phi) is 2.79. The summed E-state index contributed by atoms with van der Waals surface area (Å²) >= 11 is 0. The van der Waals surface area contributed by atoms with E-state index in [1.54, 1.807) is 6.07 Å². The maximum Gasteiger partial charge on any atom is 0.356 e. The maximum atomic E-state index is 11.4. The summed E-state index contributed by atoms with van der Waals surface area (Å²) in [5.41, 5.74) is 3.69. The molecule has 0 atom stereocenters. The Balaban J connectivity index is 2.43. The Bertz CT molecular complexity index is 818. The summed E-state index contributed by atoms with van der Waals surface area (Å²) in [5, 5.41) is 9.33. The molecule has 1 aromatic carbocycles. The summed E-state index contributed by atoms with van der Waals surface area (Å²) in [6.07, 6.45) is 0. The molecule has 0 radical (unpaired) electrons. The summed E-state index contributed by atoms with van der Waals surface area (Å²) in [6.45, 7) is 3.94. The van der Waals surface area contributed by atoms with Crippen molar-refractivity contribution in [2.24, 2.45) is 0 Å². The molecule has 0 unspecified atom stereocenters. The maximum absolute atomic E-state index is 11.4. The van der Waals surface area contributed by atoms with Crippen LogP contribution < -0.4 is 0 Å². The van der Waals surface area contributed by atoms with Crippen LogP contribution in [0.15, 0.2) is 42.5 Å². The van der Waals surface area contributed by atoms with E-state index in [-0.39, 0.29) is 5.69 Å². The van der Waals surface area contributed by atoms with Gasteiger partial charge in [0.25, 0.3) is 0 Å². The number of pyridine rings is 1. The smallest absolute Gasteiger partial charge is 0.356 e. The summed E-state index contributed by atoms with van der Waals surface area (Å²) in [5.74, 6) is -0.332. The average molecular weight is 266 g/mol. The number of carboxylic acid groups (broad SMARTS) is 1. The third-order valence-corrected chi connectivity index (χ3v) is 3.45. The normalized spacial score (nSPS) is 10.9. The standard InChI is InChI=1S/C16H14N2O2/c1-10-6-3-4-8-12(10)15-17-14(16(19)20)13-9-5-7-11(2)18(13)15/h3-9H,1-2H3,(H,19,20). The Labute approximate surface area is 116 Å². The van der Waals surface area contributed by atoms with Crippen molar-refractivity contribution in [3.8, 4) is 11.4 Å². The molecule has 20 heavy (non-hydrogen) atoms. The number of aryl methyl sites for hydroxylation is 2. The highest BCUT2D eigenvalue weighted by Gasteiger charge is 2.19. The molecular formula is C16H14N2O2. The minimum Gasteiger partial charge on any atom is -0.476 e. The molecule has 0 fully saturated rings. The van der Waals surface area contributed by atoms with E-state index in [4.69, 9.17) is 0 Å². The van der Waals surface area contributed by atoms with Gasteiger partial charge >= 0.3 is 5.97 Å². The van der Waals surface area contributed by atoms with Crippen LogP contribution in [-0.4, -0.2) is 20.5 Å². The van der Waals surface area contributed by atoms with Gasteiger partial charge in [-0.05, 0) is 31.5 Å². The van der Waals surface area contributed by atoms with E-state index in [2.05, 4.69) is 4.98 Å². The Morgan fingerprint density at radius 2 is 1.85 bits per heavy atom. The van der Waals surface area contributed by atoms with E-state index < -0.39 is 5.97 Å². The molecule has 2 heterocycles. The van der Waals surface area contributed by atoms with E-state index in [1.807, 2.05) is 54.6 Å². The minimum atomic E-state index is -1.01. The van der Waals surface area contributed by atoms with Crippen molar-refractivity contribution in [1.29, 1.82) is 0 Å². The summed E-state index contributed by atoms with van der Waals surface area (Å²) < 4.78 is 1.89. The fourth-order valence-corrected chi connectivity index (χ4v) is 2.46. The van der Waals surface area contributed by atoms with Gasteiger partial charge in [0, 0.05) is 11.3 Å². The van der Waals surface area contributed by atoms with Crippen LogP contribution in [0, 0.1) is 13.8 Å². The lowest BCUT2D eigenvalue weighted by atomic mass is 10.1. The number of imidazole rings is 1. The number of aromatic nitrogens is 2. The largest absolute Gasteiger partial charge is 0.476 e. The van der Waals surface area contributed by atoms with Crippen LogP contribution in [0.25, 0.3) is 16.9 Å². The van der Waals surface area contributed by atoms with E-state index >= 15 is 0 Å². The van der Waals surface area contributed by atoms with Crippen molar-refractivity contribution in [2.75, 3.05) is 0 Å². The number of nitrogens with zero attached hydrogens (tertiary/aromatic N) is 2.